The van der Waals surface area contributed by atoms with Crippen LogP contribution >= 0.6 is 24.0 Å². The molecule has 0 amide bonds. The first-order chi connectivity index (χ1) is 7.84. The van der Waals surface area contributed by atoms with Gasteiger partial charge in [-0.25, -0.2) is 9.97 Å². The van der Waals surface area contributed by atoms with Gasteiger partial charge < -0.3 is 5.32 Å². The van der Waals surface area contributed by atoms with Gasteiger partial charge >= 0.3 is 0 Å². The fourth-order valence-corrected chi connectivity index (χ4v) is 2.10. The molecule has 0 spiro atoms. The number of benzene rings is 1. The van der Waals surface area contributed by atoms with Crippen molar-refractivity contribution in [2.75, 3.05) is 0 Å². The first-order valence-corrected chi connectivity index (χ1v) is 5.54. The Bertz CT molecular complexity index is 529. The summed E-state index contributed by atoms with van der Waals surface area (Å²) in [6, 6.07) is 9.89. The fraction of sp³-hybridized carbons (Fsp3) is 0.167. The third-order valence-corrected chi connectivity index (χ3v) is 2.98. The number of aromatic nitrogens is 2. The van der Waals surface area contributed by atoms with Crippen LogP contribution < -0.4 is 5.32 Å². The van der Waals surface area contributed by atoms with Gasteiger partial charge in [-0.3, -0.25) is 0 Å². The van der Waals surface area contributed by atoms with Crippen LogP contribution in [0.1, 0.15) is 11.3 Å². The van der Waals surface area contributed by atoms with Gasteiger partial charge in [-0.05, 0) is 0 Å². The predicted octanol–water partition coefficient (Wildman–Crippen LogP) is 2.82. The number of nitrogens with one attached hydrogen (secondary N) is 1. The first kappa shape index (κ1) is 12.3. The van der Waals surface area contributed by atoms with E-state index in [2.05, 4.69) is 15.3 Å². The number of hydrogen-bond donors (Lipinski definition) is 1. The van der Waals surface area contributed by atoms with E-state index in [1.165, 1.54) is 0 Å². The van der Waals surface area contributed by atoms with Gasteiger partial charge in [-0.1, -0.05) is 41.9 Å². The molecule has 3 nitrogen and oxygen atoms in total. The molecule has 1 aromatic heterocycles. The van der Waals surface area contributed by atoms with Crippen LogP contribution in [0.2, 0.25) is 5.15 Å². The van der Waals surface area contributed by atoms with Crippen molar-refractivity contribution in [2.24, 2.45) is 0 Å². The van der Waals surface area contributed by atoms with Gasteiger partial charge in [-0.15, -0.1) is 12.4 Å². The zero-order chi connectivity index (χ0) is 11.0. The molecule has 0 saturated heterocycles. The summed E-state index contributed by atoms with van der Waals surface area (Å²) < 4.78 is 0. The van der Waals surface area contributed by atoms with Crippen molar-refractivity contribution >= 4 is 24.0 Å². The third kappa shape index (κ3) is 2.27. The van der Waals surface area contributed by atoms with E-state index in [9.17, 15) is 0 Å². The highest BCUT2D eigenvalue weighted by Crippen LogP contribution is 2.24. The molecule has 0 unspecified atom stereocenters. The summed E-state index contributed by atoms with van der Waals surface area (Å²) in [5.41, 5.74) is 3.04. The Balaban J connectivity index is 0.00000108. The van der Waals surface area contributed by atoms with Gasteiger partial charge in [0.1, 0.15) is 5.15 Å². The van der Waals surface area contributed by atoms with Crippen molar-refractivity contribution < 1.29 is 0 Å². The van der Waals surface area contributed by atoms with Gasteiger partial charge in [0.05, 0.1) is 5.69 Å². The van der Waals surface area contributed by atoms with Crippen molar-refractivity contribution in [1.82, 2.24) is 15.3 Å². The predicted molar refractivity (Wildman–Crippen MR) is 70.3 cm³/mol. The molecular weight excluding hydrogens is 257 g/mol. The topological polar surface area (TPSA) is 37.8 Å². The maximum absolute atomic E-state index is 6.13. The molecule has 0 radical (unpaired) electrons. The van der Waals surface area contributed by atoms with Crippen LogP contribution in [0.4, 0.5) is 0 Å². The monoisotopic (exact) mass is 267 g/mol. The van der Waals surface area contributed by atoms with E-state index in [0.29, 0.717) is 11.0 Å². The van der Waals surface area contributed by atoms with E-state index in [4.69, 9.17) is 11.6 Å². The molecule has 1 aliphatic heterocycles. The highest BCUT2D eigenvalue weighted by atomic mass is 35.5. The second-order valence-electron chi connectivity index (χ2n) is 3.73. The van der Waals surface area contributed by atoms with Crippen molar-refractivity contribution in [3.63, 3.8) is 0 Å². The first-order valence-electron chi connectivity index (χ1n) is 5.16. The second-order valence-corrected chi connectivity index (χ2v) is 4.09. The quantitative estimate of drug-likeness (QED) is 0.808. The Kier molecular flexibility index (Phi) is 3.62. The summed E-state index contributed by atoms with van der Waals surface area (Å²) in [7, 11) is 0. The molecule has 88 valence electrons. The van der Waals surface area contributed by atoms with Crippen LogP contribution in [0, 0.1) is 0 Å². The van der Waals surface area contributed by atoms with Crippen molar-refractivity contribution in [2.45, 2.75) is 13.1 Å². The molecule has 2 aromatic rings. The summed E-state index contributed by atoms with van der Waals surface area (Å²) in [4.78, 5) is 8.86. The molecule has 17 heavy (non-hydrogen) atoms. The van der Waals surface area contributed by atoms with E-state index in [1.807, 2.05) is 30.3 Å². The van der Waals surface area contributed by atoms with Crippen LogP contribution in [0.3, 0.4) is 0 Å². The van der Waals surface area contributed by atoms with Crippen molar-refractivity contribution in [3.8, 4) is 11.4 Å². The summed E-state index contributed by atoms with van der Waals surface area (Å²) in [6.07, 6.45) is 0. The molecule has 2 heterocycles. The van der Waals surface area contributed by atoms with Crippen LogP contribution in [-0.4, -0.2) is 9.97 Å². The molecule has 0 atom stereocenters. The average molecular weight is 268 g/mol. The number of halogens is 2. The fourth-order valence-electron chi connectivity index (χ4n) is 1.84. The maximum Gasteiger partial charge on any atom is 0.161 e. The van der Waals surface area contributed by atoms with E-state index < -0.39 is 0 Å². The normalized spacial score (nSPS) is 13.0. The second kappa shape index (κ2) is 5.00. The van der Waals surface area contributed by atoms with Crippen molar-refractivity contribution in [3.05, 3.63) is 46.7 Å². The zero-order valence-electron chi connectivity index (χ0n) is 8.98. The van der Waals surface area contributed by atoms with E-state index >= 15 is 0 Å². The Morgan fingerprint density at radius 1 is 1.06 bits per heavy atom. The molecule has 0 fully saturated rings. The Labute approximate surface area is 111 Å². The smallest absolute Gasteiger partial charge is 0.161 e. The molecule has 1 aromatic carbocycles. The number of nitrogens with zero attached hydrogens (tertiary/aromatic N) is 2. The highest BCUT2D eigenvalue weighted by Gasteiger charge is 2.17. The average Bonchev–Trinajstić information content (AvgIpc) is 2.79. The Morgan fingerprint density at radius 3 is 2.59 bits per heavy atom. The van der Waals surface area contributed by atoms with Gasteiger partial charge in [0.15, 0.2) is 5.82 Å². The Hall–Kier alpha value is -1.16. The molecule has 0 saturated carbocycles. The molecule has 0 bridgehead atoms. The SMILES string of the molecule is Cl.Clc1nc(-c2ccccc2)nc2c1CNC2. The number of hydrogen-bond acceptors (Lipinski definition) is 3. The highest BCUT2D eigenvalue weighted by molar-refractivity contribution is 6.30. The molecule has 0 aliphatic carbocycles. The number of fused-ring (bicyclic) bond motifs is 1. The lowest BCUT2D eigenvalue weighted by atomic mass is 10.2. The summed E-state index contributed by atoms with van der Waals surface area (Å²) in [5, 5.41) is 3.78. The standard InChI is InChI=1S/C12H10ClN3.ClH/c13-11-9-6-14-7-10(9)15-12(16-11)8-4-2-1-3-5-8;/h1-5,14H,6-7H2;1H. The minimum Gasteiger partial charge on any atom is -0.307 e. The van der Waals surface area contributed by atoms with Crippen molar-refractivity contribution in [1.29, 1.82) is 0 Å². The van der Waals surface area contributed by atoms with Crippen LogP contribution in [-0.2, 0) is 13.1 Å². The molecule has 5 heteroatoms. The molecule has 1 aliphatic rings. The largest absolute Gasteiger partial charge is 0.307 e. The minimum atomic E-state index is 0. The van der Waals surface area contributed by atoms with Gasteiger partial charge in [-0.2, -0.15) is 0 Å². The number of rotatable bonds is 1. The summed E-state index contributed by atoms with van der Waals surface area (Å²) in [5.74, 6) is 0.702. The summed E-state index contributed by atoms with van der Waals surface area (Å²) in [6.45, 7) is 1.54. The van der Waals surface area contributed by atoms with E-state index in [0.717, 1.165) is 29.9 Å². The van der Waals surface area contributed by atoms with E-state index in [1.54, 1.807) is 0 Å². The van der Waals surface area contributed by atoms with Gasteiger partial charge in [0.25, 0.3) is 0 Å². The summed E-state index contributed by atoms with van der Waals surface area (Å²) >= 11 is 6.13. The van der Waals surface area contributed by atoms with Gasteiger partial charge in [0.2, 0.25) is 0 Å². The zero-order valence-corrected chi connectivity index (χ0v) is 10.6. The van der Waals surface area contributed by atoms with Crippen LogP contribution in [0.15, 0.2) is 30.3 Å². The lowest BCUT2D eigenvalue weighted by Crippen LogP contribution is -2.00. The molecule has 1 N–H and O–H groups in total. The van der Waals surface area contributed by atoms with Crippen LogP contribution in [0.5, 0.6) is 0 Å². The third-order valence-electron chi connectivity index (χ3n) is 2.67. The maximum atomic E-state index is 6.13. The molecule has 3 rings (SSSR count). The van der Waals surface area contributed by atoms with Crippen LogP contribution in [0.25, 0.3) is 11.4 Å². The Morgan fingerprint density at radius 2 is 1.82 bits per heavy atom. The minimum absolute atomic E-state index is 0. The molecular formula is C12H11Cl2N3. The van der Waals surface area contributed by atoms with Gasteiger partial charge in [0, 0.05) is 24.2 Å². The van der Waals surface area contributed by atoms with E-state index in [-0.39, 0.29) is 12.4 Å². The lowest BCUT2D eigenvalue weighted by Gasteiger charge is -2.04. The lowest BCUT2D eigenvalue weighted by molar-refractivity contribution is 0.758.